The van der Waals surface area contributed by atoms with E-state index in [1.54, 1.807) is 40.6 Å². The van der Waals surface area contributed by atoms with Gasteiger partial charge in [0.1, 0.15) is 12.2 Å². The molecule has 3 aromatic carbocycles. The fourth-order valence-corrected chi connectivity index (χ4v) is 4.64. The van der Waals surface area contributed by atoms with Gasteiger partial charge in [-0.2, -0.15) is 0 Å². The number of aromatic hydroxyl groups is 1. The summed E-state index contributed by atoms with van der Waals surface area (Å²) in [4.78, 5) is 0. The first-order valence-corrected chi connectivity index (χ1v) is 13.6. The molecular formula is C32H42O8. The Labute approximate surface area is 237 Å². The lowest BCUT2D eigenvalue weighted by Crippen LogP contribution is -2.11. The van der Waals surface area contributed by atoms with Gasteiger partial charge in [-0.3, -0.25) is 0 Å². The molecule has 0 bridgehead atoms. The molecule has 2 unspecified atom stereocenters. The maximum atomic E-state index is 10.0. The molecule has 0 aliphatic carbocycles. The van der Waals surface area contributed by atoms with Gasteiger partial charge < -0.3 is 38.3 Å². The largest absolute Gasteiger partial charge is 0.504 e. The van der Waals surface area contributed by atoms with E-state index in [0.29, 0.717) is 53.1 Å². The van der Waals surface area contributed by atoms with Crippen LogP contribution in [-0.4, -0.2) is 40.7 Å². The van der Waals surface area contributed by atoms with Crippen molar-refractivity contribution in [3.63, 3.8) is 0 Å². The summed E-state index contributed by atoms with van der Waals surface area (Å²) >= 11 is 0. The molecule has 0 aromatic heterocycles. The van der Waals surface area contributed by atoms with E-state index in [2.05, 4.69) is 6.92 Å². The Morgan fingerprint density at radius 1 is 0.575 bits per heavy atom. The first kappa shape index (κ1) is 30.6. The smallest absolute Gasteiger partial charge is 0.204 e. The summed E-state index contributed by atoms with van der Waals surface area (Å²) in [5.74, 6) is 3.73. The molecule has 2 atom stereocenters. The second-order valence-corrected chi connectivity index (χ2v) is 9.29. The Morgan fingerprint density at radius 3 is 1.43 bits per heavy atom. The zero-order valence-electron chi connectivity index (χ0n) is 24.8. The van der Waals surface area contributed by atoms with Crippen LogP contribution in [-0.2, 0) is 6.42 Å². The van der Waals surface area contributed by atoms with E-state index in [0.717, 1.165) is 29.5 Å². The van der Waals surface area contributed by atoms with Crippen molar-refractivity contribution < 1.29 is 38.3 Å². The Bertz CT molecular complexity index is 1210. The van der Waals surface area contributed by atoms with Gasteiger partial charge in [-0.15, -0.1) is 0 Å². The van der Waals surface area contributed by atoms with Crippen LogP contribution in [0, 0.1) is 0 Å². The summed E-state index contributed by atoms with van der Waals surface area (Å²) in [6.07, 6.45) is 2.57. The number of phenolic OH excluding ortho intramolecular Hbond substituents is 1. The third-order valence-corrected chi connectivity index (χ3v) is 6.75. The van der Waals surface area contributed by atoms with Gasteiger partial charge >= 0.3 is 0 Å². The topological polar surface area (TPSA) is 84.8 Å². The molecule has 0 radical (unpaired) electrons. The summed E-state index contributed by atoms with van der Waals surface area (Å²) < 4.78 is 41.2. The van der Waals surface area contributed by atoms with E-state index in [9.17, 15) is 5.11 Å². The summed E-state index contributed by atoms with van der Waals surface area (Å²) in [6.45, 7) is 6.20. The van der Waals surface area contributed by atoms with Crippen molar-refractivity contribution >= 4 is 0 Å². The average molecular weight is 555 g/mol. The predicted octanol–water partition coefficient (Wildman–Crippen LogP) is 7.45. The predicted molar refractivity (Wildman–Crippen MR) is 155 cm³/mol. The fourth-order valence-electron chi connectivity index (χ4n) is 4.64. The van der Waals surface area contributed by atoms with Crippen LogP contribution in [0.4, 0.5) is 0 Å². The summed E-state index contributed by atoms with van der Waals surface area (Å²) in [7, 11) is 7.96. The molecule has 0 aliphatic heterocycles. The van der Waals surface area contributed by atoms with Crippen LogP contribution in [0.2, 0.25) is 0 Å². The van der Waals surface area contributed by atoms with Gasteiger partial charge in [0.15, 0.2) is 34.5 Å². The fraction of sp³-hybridized carbons (Fsp3) is 0.438. The molecule has 0 spiro atoms. The Morgan fingerprint density at radius 2 is 1.00 bits per heavy atom. The molecule has 40 heavy (non-hydrogen) atoms. The molecule has 3 rings (SSSR count). The van der Waals surface area contributed by atoms with E-state index in [1.165, 1.54) is 7.11 Å². The number of benzene rings is 3. The van der Waals surface area contributed by atoms with Crippen LogP contribution < -0.4 is 33.2 Å². The van der Waals surface area contributed by atoms with Crippen molar-refractivity contribution in [1.29, 1.82) is 0 Å². The molecule has 8 heteroatoms. The Balaban J connectivity index is 2.00. The number of aryl methyl sites for hydroxylation is 1. The molecule has 1 N–H and O–H groups in total. The lowest BCUT2D eigenvalue weighted by molar-refractivity contribution is 0.176. The lowest BCUT2D eigenvalue weighted by Gasteiger charge is -2.25. The minimum atomic E-state index is -0.347. The highest BCUT2D eigenvalue weighted by Crippen LogP contribution is 2.46. The molecule has 0 heterocycles. The van der Waals surface area contributed by atoms with Crippen molar-refractivity contribution in [1.82, 2.24) is 0 Å². The molecule has 0 saturated heterocycles. The van der Waals surface area contributed by atoms with Crippen LogP contribution in [0.3, 0.4) is 0 Å². The highest BCUT2D eigenvalue weighted by atomic mass is 16.6. The molecular weight excluding hydrogens is 512 g/mol. The van der Waals surface area contributed by atoms with E-state index in [4.69, 9.17) is 33.2 Å². The zero-order valence-corrected chi connectivity index (χ0v) is 24.8. The standard InChI is InChI=1S/C32H42O8/c1-9-12-20-15-27(35-5)31(28(16-20)36-6)40-25(11-3)22-18-29(37-7)32(30(19-22)38-8)39-24(10-2)21-13-14-23(33)26(17-21)34-4/h13-19,24-25,33H,9-12H2,1-8H3. The second kappa shape index (κ2) is 14.4. The quantitative estimate of drug-likeness (QED) is 0.207. The van der Waals surface area contributed by atoms with Gasteiger partial charge in [-0.05, 0) is 72.4 Å². The first-order chi connectivity index (χ1) is 19.4. The van der Waals surface area contributed by atoms with E-state index in [-0.39, 0.29) is 18.0 Å². The van der Waals surface area contributed by atoms with Crippen molar-refractivity contribution in [2.24, 2.45) is 0 Å². The van der Waals surface area contributed by atoms with E-state index < -0.39 is 0 Å². The maximum Gasteiger partial charge on any atom is 0.204 e. The van der Waals surface area contributed by atoms with Crippen molar-refractivity contribution in [3.8, 4) is 46.0 Å². The van der Waals surface area contributed by atoms with Crippen LogP contribution >= 0.6 is 0 Å². The van der Waals surface area contributed by atoms with Crippen molar-refractivity contribution in [3.05, 3.63) is 59.2 Å². The number of phenols is 1. The molecule has 0 fully saturated rings. The Kier molecular flexibility index (Phi) is 11.1. The lowest BCUT2D eigenvalue weighted by atomic mass is 10.0. The van der Waals surface area contributed by atoms with Crippen molar-refractivity contribution in [2.45, 2.75) is 58.7 Å². The van der Waals surface area contributed by atoms with Crippen LogP contribution in [0.5, 0.6) is 46.0 Å². The molecule has 0 aliphatic rings. The minimum absolute atomic E-state index is 0.0690. The van der Waals surface area contributed by atoms with Crippen molar-refractivity contribution in [2.75, 3.05) is 35.5 Å². The SMILES string of the molecule is CCCc1cc(OC)c(OC(CC)c2cc(OC)c(OC(CC)c3ccc(O)c(OC)c3)c(OC)c2)c(OC)c1. The molecule has 218 valence electrons. The monoisotopic (exact) mass is 554 g/mol. The normalized spacial score (nSPS) is 12.3. The third-order valence-electron chi connectivity index (χ3n) is 6.75. The second-order valence-electron chi connectivity index (χ2n) is 9.29. The third kappa shape index (κ3) is 6.79. The summed E-state index contributed by atoms with van der Waals surface area (Å²) in [5.41, 5.74) is 2.83. The summed E-state index contributed by atoms with van der Waals surface area (Å²) in [5, 5.41) is 10.0. The van der Waals surface area contributed by atoms with Gasteiger partial charge in [0.05, 0.1) is 35.5 Å². The molecule has 3 aromatic rings. The molecule has 8 nitrogen and oxygen atoms in total. The number of ether oxygens (including phenoxy) is 7. The molecule has 0 saturated carbocycles. The van der Waals surface area contributed by atoms with Crippen LogP contribution in [0.25, 0.3) is 0 Å². The maximum absolute atomic E-state index is 10.0. The van der Waals surface area contributed by atoms with Gasteiger partial charge in [0.25, 0.3) is 0 Å². The van der Waals surface area contributed by atoms with Gasteiger partial charge in [-0.25, -0.2) is 0 Å². The van der Waals surface area contributed by atoms with Crippen LogP contribution in [0.1, 0.15) is 68.9 Å². The zero-order chi connectivity index (χ0) is 29.2. The highest BCUT2D eigenvalue weighted by molar-refractivity contribution is 5.57. The number of hydrogen-bond acceptors (Lipinski definition) is 8. The molecule has 0 amide bonds. The Hall–Kier alpha value is -3.94. The first-order valence-electron chi connectivity index (χ1n) is 13.6. The van der Waals surface area contributed by atoms with E-state index in [1.807, 2.05) is 44.2 Å². The number of rotatable bonds is 15. The summed E-state index contributed by atoms with van der Waals surface area (Å²) in [6, 6.07) is 13.0. The van der Waals surface area contributed by atoms with Gasteiger partial charge in [0, 0.05) is 0 Å². The average Bonchev–Trinajstić information content (AvgIpc) is 2.98. The van der Waals surface area contributed by atoms with Gasteiger partial charge in [0.2, 0.25) is 11.5 Å². The van der Waals surface area contributed by atoms with E-state index >= 15 is 0 Å². The van der Waals surface area contributed by atoms with Crippen LogP contribution in [0.15, 0.2) is 42.5 Å². The highest BCUT2D eigenvalue weighted by Gasteiger charge is 2.25. The number of methoxy groups -OCH3 is 5. The van der Waals surface area contributed by atoms with Gasteiger partial charge in [-0.1, -0.05) is 33.3 Å². The number of hydrogen-bond donors (Lipinski definition) is 1. The minimum Gasteiger partial charge on any atom is -0.504 e.